The molecule has 0 heterocycles. The number of methoxy groups -OCH3 is 4. The Bertz CT molecular complexity index is 750. The SMILES string of the molecule is COc1ccc(C=Cc2c(C=O)ccc(OC)c2OC)cc1OC. The Labute approximate surface area is 141 Å². The largest absolute Gasteiger partial charge is 0.493 e. The number of benzene rings is 2. The second-order valence-corrected chi connectivity index (χ2v) is 4.87. The summed E-state index contributed by atoms with van der Waals surface area (Å²) in [6.07, 6.45) is 4.47. The van der Waals surface area contributed by atoms with Crippen molar-refractivity contribution in [3.63, 3.8) is 0 Å². The first-order valence-corrected chi connectivity index (χ1v) is 7.28. The fourth-order valence-electron chi connectivity index (χ4n) is 2.38. The van der Waals surface area contributed by atoms with Crippen molar-refractivity contribution in [2.24, 2.45) is 0 Å². The van der Waals surface area contributed by atoms with Crippen LogP contribution in [0.3, 0.4) is 0 Å². The van der Waals surface area contributed by atoms with Crippen LogP contribution < -0.4 is 18.9 Å². The van der Waals surface area contributed by atoms with E-state index in [1.54, 1.807) is 40.6 Å². The highest BCUT2D eigenvalue weighted by Crippen LogP contribution is 2.35. The van der Waals surface area contributed by atoms with Crippen LogP contribution in [-0.4, -0.2) is 34.7 Å². The van der Waals surface area contributed by atoms with Gasteiger partial charge < -0.3 is 18.9 Å². The van der Waals surface area contributed by atoms with Gasteiger partial charge in [0.15, 0.2) is 29.3 Å². The molecule has 0 spiro atoms. The summed E-state index contributed by atoms with van der Waals surface area (Å²) in [6, 6.07) is 8.97. The monoisotopic (exact) mass is 328 g/mol. The van der Waals surface area contributed by atoms with Crippen LogP contribution in [0.2, 0.25) is 0 Å². The molecule has 0 saturated carbocycles. The third kappa shape index (κ3) is 3.51. The number of carbonyl (C=O) groups is 1. The number of aldehydes is 1. The van der Waals surface area contributed by atoms with E-state index in [4.69, 9.17) is 18.9 Å². The number of hydrogen-bond donors (Lipinski definition) is 0. The van der Waals surface area contributed by atoms with E-state index in [1.165, 1.54) is 0 Å². The highest BCUT2D eigenvalue weighted by Gasteiger charge is 2.12. The molecule has 2 aromatic rings. The molecule has 0 aliphatic heterocycles. The topological polar surface area (TPSA) is 54.0 Å². The van der Waals surface area contributed by atoms with Gasteiger partial charge in [-0.1, -0.05) is 12.1 Å². The summed E-state index contributed by atoms with van der Waals surface area (Å²) < 4.78 is 21.2. The quantitative estimate of drug-likeness (QED) is 0.573. The molecule has 0 radical (unpaired) electrons. The average Bonchev–Trinajstić information content (AvgIpc) is 2.64. The van der Waals surface area contributed by atoms with E-state index < -0.39 is 0 Å². The fourth-order valence-corrected chi connectivity index (χ4v) is 2.38. The molecular weight excluding hydrogens is 308 g/mol. The van der Waals surface area contributed by atoms with Gasteiger partial charge >= 0.3 is 0 Å². The molecule has 0 aliphatic rings. The Kier molecular flexibility index (Phi) is 5.84. The van der Waals surface area contributed by atoms with Crippen LogP contribution in [-0.2, 0) is 0 Å². The number of hydrogen-bond acceptors (Lipinski definition) is 5. The molecule has 2 rings (SSSR count). The number of carbonyl (C=O) groups excluding carboxylic acids is 1. The van der Waals surface area contributed by atoms with Crippen LogP contribution in [0.1, 0.15) is 21.5 Å². The van der Waals surface area contributed by atoms with Crippen LogP contribution in [0.4, 0.5) is 0 Å². The third-order valence-corrected chi connectivity index (χ3v) is 3.59. The van der Waals surface area contributed by atoms with Gasteiger partial charge in [-0.2, -0.15) is 0 Å². The lowest BCUT2D eigenvalue weighted by atomic mass is 10.0. The Hall–Kier alpha value is -2.95. The molecule has 0 unspecified atom stereocenters. The smallest absolute Gasteiger partial charge is 0.168 e. The highest BCUT2D eigenvalue weighted by molar-refractivity contribution is 5.88. The third-order valence-electron chi connectivity index (χ3n) is 3.59. The minimum absolute atomic E-state index is 0.513. The lowest BCUT2D eigenvalue weighted by molar-refractivity contribution is 0.112. The van der Waals surface area contributed by atoms with Gasteiger partial charge in [-0.3, -0.25) is 4.79 Å². The minimum Gasteiger partial charge on any atom is -0.493 e. The maximum absolute atomic E-state index is 11.3. The van der Waals surface area contributed by atoms with Gasteiger partial charge in [0.1, 0.15) is 0 Å². The molecule has 0 bridgehead atoms. The van der Waals surface area contributed by atoms with Crippen molar-refractivity contribution < 1.29 is 23.7 Å². The minimum atomic E-state index is 0.513. The Morgan fingerprint density at radius 2 is 1.42 bits per heavy atom. The van der Waals surface area contributed by atoms with Crippen molar-refractivity contribution in [1.82, 2.24) is 0 Å². The summed E-state index contributed by atoms with van der Waals surface area (Å²) in [7, 11) is 6.27. The first-order chi connectivity index (χ1) is 11.7. The molecule has 0 aromatic heterocycles. The van der Waals surface area contributed by atoms with Crippen molar-refractivity contribution in [2.45, 2.75) is 0 Å². The highest BCUT2D eigenvalue weighted by atomic mass is 16.5. The van der Waals surface area contributed by atoms with Gasteiger partial charge in [0.25, 0.3) is 0 Å². The molecule has 0 atom stereocenters. The zero-order valence-electron chi connectivity index (χ0n) is 14.2. The average molecular weight is 328 g/mol. The van der Waals surface area contributed by atoms with Crippen molar-refractivity contribution in [1.29, 1.82) is 0 Å². The van der Waals surface area contributed by atoms with Crippen LogP contribution in [0.15, 0.2) is 30.3 Å². The van der Waals surface area contributed by atoms with Crippen molar-refractivity contribution in [2.75, 3.05) is 28.4 Å². The van der Waals surface area contributed by atoms with Gasteiger partial charge in [-0.15, -0.1) is 0 Å². The fraction of sp³-hybridized carbons (Fsp3) is 0.211. The Balaban J connectivity index is 2.46. The summed E-state index contributed by atoms with van der Waals surface area (Å²) in [5.41, 5.74) is 2.07. The van der Waals surface area contributed by atoms with E-state index in [9.17, 15) is 4.79 Å². The second-order valence-electron chi connectivity index (χ2n) is 4.87. The van der Waals surface area contributed by atoms with E-state index in [0.717, 1.165) is 11.8 Å². The number of rotatable bonds is 7. The van der Waals surface area contributed by atoms with E-state index in [0.29, 0.717) is 34.1 Å². The molecule has 0 saturated heterocycles. The molecule has 126 valence electrons. The molecular formula is C19H20O5. The van der Waals surface area contributed by atoms with Gasteiger partial charge in [0, 0.05) is 11.1 Å². The predicted octanol–water partition coefficient (Wildman–Crippen LogP) is 3.70. The Morgan fingerprint density at radius 3 is 2.00 bits per heavy atom. The lowest BCUT2D eigenvalue weighted by Crippen LogP contribution is -1.97. The molecule has 0 aliphatic carbocycles. The normalized spacial score (nSPS) is 10.5. The predicted molar refractivity (Wildman–Crippen MR) is 93.4 cm³/mol. The van der Waals surface area contributed by atoms with Gasteiger partial charge in [-0.05, 0) is 35.9 Å². The standard InChI is InChI=1S/C19H20O5/c1-21-16-9-6-13(11-18(16)23-3)5-8-15-14(12-20)7-10-17(22-2)19(15)24-4/h5-12H,1-4H3. The van der Waals surface area contributed by atoms with Crippen molar-refractivity contribution >= 4 is 18.4 Å². The second kappa shape index (κ2) is 8.06. The Morgan fingerprint density at radius 1 is 0.750 bits per heavy atom. The van der Waals surface area contributed by atoms with Crippen LogP contribution in [0.25, 0.3) is 12.2 Å². The zero-order valence-corrected chi connectivity index (χ0v) is 14.2. The summed E-state index contributed by atoms with van der Waals surface area (Å²) in [6.45, 7) is 0. The molecule has 5 nitrogen and oxygen atoms in total. The molecule has 24 heavy (non-hydrogen) atoms. The maximum Gasteiger partial charge on any atom is 0.168 e. The summed E-state index contributed by atoms with van der Waals surface area (Å²) in [5.74, 6) is 2.36. The summed E-state index contributed by atoms with van der Waals surface area (Å²) in [5, 5.41) is 0. The van der Waals surface area contributed by atoms with Crippen LogP contribution >= 0.6 is 0 Å². The van der Waals surface area contributed by atoms with Crippen molar-refractivity contribution in [3.05, 3.63) is 47.0 Å². The van der Waals surface area contributed by atoms with Crippen LogP contribution in [0.5, 0.6) is 23.0 Å². The maximum atomic E-state index is 11.3. The van der Waals surface area contributed by atoms with Gasteiger partial charge in [0.2, 0.25) is 0 Å². The molecule has 0 N–H and O–H groups in total. The first-order valence-electron chi connectivity index (χ1n) is 7.28. The zero-order chi connectivity index (χ0) is 17.5. The van der Waals surface area contributed by atoms with Crippen LogP contribution in [0, 0.1) is 0 Å². The molecule has 2 aromatic carbocycles. The number of ether oxygens (including phenoxy) is 4. The van der Waals surface area contributed by atoms with E-state index in [1.807, 2.05) is 30.4 Å². The van der Waals surface area contributed by atoms with E-state index in [2.05, 4.69) is 0 Å². The van der Waals surface area contributed by atoms with E-state index in [-0.39, 0.29) is 0 Å². The van der Waals surface area contributed by atoms with Gasteiger partial charge in [-0.25, -0.2) is 0 Å². The van der Waals surface area contributed by atoms with Crippen molar-refractivity contribution in [3.8, 4) is 23.0 Å². The van der Waals surface area contributed by atoms with Gasteiger partial charge in [0.05, 0.1) is 28.4 Å². The molecule has 0 amide bonds. The summed E-state index contributed by atoms with van der Waals surface area (Å²) in [4.78, 5) is 11.3. The van der Waals surface area contributed by atoms with E-state index >= 15 is 0 Å². The lowest BCUT2D eigenvalue weighted by Gasteiger charge is -2.12. The molecule has 0 fully saturated rings. The molecule has 5 heteroatoms. The summed E-state index contributed by atoms with van der Waals surface area (Å²) >= 11 is 0. The first kappa shape index (κ1) is 17.4.